The first-order valence-corrected chi connectivity index (χ1v) is 7.53. The third kappa shape index (κ3) is 3.31. The summed E-state index contributed by atoms with van der Waals surface area (Å²) in [5.41, 5.74) is 8.29. The van der Waals surface area contributed by atoms with Crippen LogP contribution < -0.4 is 0 Å². The summed E-state index contributed by atoms with van der Waals surface area (Å²) in [4.78, 5) is 8.21. The van der Waals surface area contributed by atoms with Crippen LogP contribution in [0.2, 0.25) is 0 Å². The summed E-state index contributed by atoms with van der Waals surface area (Å²) < 4.78 is 0. The largest absolute Gasteiger partial charge is 0.304 e. The van der Waals surface area contributed by atoms with Crippen LogP contribution in [0.5, 0.6) is 0 Å². The summed E-state index contributed by atoms with van der Waals surface area (Å²) in [6.45, 7) is 13.5. The van der Waals surface area contributed by atoms with Gasteiger partial charge in [0.15, 0.2) is 5.69 Å². The number of hydrogen-bond acceptors (Lipinski definition) is 1. The first-order chi connectivity index (χ1) is 11.1. The van der Waals surface area contributed by atoms with Crippen molar-refractivity contribution in [1.82, 2.24) is 4.98 Å². The molecule has 1 radical (unpaired) electrons. The van der Waals surface area contributed by atoms with Crippen molar-refractivity contribution in [3.63, 3.8) is 0 Å². The summed E-state index contributed by atoms with van der Waals surface area (Å²) in [5.74, 6) is 0. The predicted octanol–water partition coefficient (Wildman–Crippen LogP) is 5.69. The fourth-order valence-corrected chi connectivity index (χ4v) is 2.76. The van der Waals surface area contributed by atoms with E-state index in [1.165, 1.54) is 5.56 Å². The summed E-state index contributed by atoms with van der Waals surface area (Å²) in [5, 5.41) is 0. The summed E-state index contributed by atoms with van der Waals surface area (Å²) in [7, 11) is 0. The molecule has 2 aromatic carbocycles. The van der Waals surface area contributed by atoms with Crippen LogP contribution in [0.3, 0.4) is 0 Å². The topological polar surface area (TPSA) is 17.2 Å². The smallest absolute Gasteiger partial charge is 0.187 e. The molecule has 0 aliphatic carbocycles. The van der Waals surface area contributed by atoms with Crippen molar-refractivity contribution < 1.29 is 20.1 Å². The van der Waals surface area contributed by atoms with Gasteiger partial charge in [0.25, 0.3) is 0 Å². The van der Waals surface area contributed by atoms with Crippen molar-refractivity contribution in [2.24, 2.45) is 0 Å². The van der Waals surface area contributed by atoms with Gasteiger partial charge in [0.05, 0.1) is 6.57 Å². The van der Waals surface area contributed by atoms with E-state index in [0.29, 0.717) is 5.69 Å². The van der Waals surface area contributed by atoms with Crippen molar-refractivity contribution >= 4 is 5.69 Å². The molecule has 0 bridgehead atoms. The van der Waals surface area contributed by atoms with Gasteiger partial charge in [0.1, 0.15) is 0 Å². The minimum Gasteiger partial charge on any atom is -0.304 e. The third-order valence-electron chi connectivity index (χ3n) is 4.25. The van der Waals surface area contributed by atoms with Gasteiger partial charge in [-0.05, 0) is 49.2 Å². The molecule has 3 heteroatoms. The minimum atomic E-state index is 0. The first-order valence-electron chi connectivity index (χ1n) is 7.53. The molecule has 0 fully saturated rings. The summed E-state index contributed by atoms with van der Waals surface area (Å²) >= 11 is 0. The zero-order chi connectivity index (χ0) is 16.4. The van der Waals surface area contributed by atoms with Gasteiger partial charge in [-0.25, -0.2) is 4.85 Å². The van der Waals surface area contributed by atoms with E-state index in [2.05, 4.69) is 36.7 Å². The monoisotopic (exact) mass is 490 g/mol. The Morgan fingerprint density at radius 2 is 1.79 bits per heavy atom. The molecule has 1 heterocycles. The number of pyridine rings is 1. The van der Waals surface area contributed by atoms with Crippen molar-refractivity contribution in [2.45, 2.75) is 20.8 Å². The normalized spacial score (nSPS) is 9.92. The molecular formula is C21H17IrN2-. The molecule has 0 amide bonds. The molecule has 0 saturated heterocycles. The van der Waals surface area contributed by atoms with E-state index in [1.54, 1.807) is 0 Å². The fraction of sp³-hybridized carbons (Fsp3) is 0.143. The van der Waals surface area contributed by atoms with Crippen LogP contribution in [0.4, 0.5) is 5.69 Å². The molecule has 0 aliphatic rings. The van der Waals surface area contributed by atoms with Crippen molar-refractivity contribution in [3.05, 3.63) is 82.8 Å². The second-order valence-electron chi connectivity index (χ2n) is 5.66. The van der Waals surface area contributed by atoms with E-state index in [1.807, 2.05) is 48.7 Å². The van der Waals surface area contributed by atoms with E-state index < -0.39 is 0 Å². The Balaban J connectivity index is 0.00000208. The molecule has 24 heavy (non-hydrogen) atoms. The average molecular weight is 490 g/mol. The molecule has 0 unspecified atom stereocenters. The van der Waals surface area contributed by atoms with Gasteiger partial charge in [0.2, 0.25) is 0 Å². The van der Waals surface area contributed by atoms with Crippen LogP contribution in [0, 0.1) is 33.4 Å². The fourth-order valence-electron chi connectivity index (χ4n) is 2.76. The van der Waals surface area contributed by atoms with Crippen LogP contribution in [-0.4, -0.2) is 4.98 Å². The maximum absolute atomic E-state index is 7.22. The first kappa shape index (κ1) is 18.1. The summed E-state index contributed by atoms with van der Waals surface area (Å²) in [6.07, 6.45) is 1.91. The van der Waals surface area contributed by atoms with Crippen LogP contribution >= 0.6 is 0 Å². The molecule has 0 aliphatic heterocycles. The van der Waals surface area contributed by atoms with Gasteiger partial charge in [-0.3, -0.25) is 0 Å². The average Bonchev–Trinajstić information content (AvgIpc) is 2.59. The van der Waals surface area contributed by atoms with Gasteiger partial charge >= 0.3 is 0 Å². The Hall–Kier alpha value is -2.27. The molecular weight excluding hydrogens is 472 g/mol. The van der Waals surface area contributed by atoms with Crippen LogP contribution in [0.15, 0.2) is 48.7 Å². The Bertz CT molecular complexity index is 909. The quantitative estimate of drug-likeness (QED) is 0.423. The molecule has 0 N–H and O–H groups in total. The van der Waals surface area contributed by atoms with Crippen LogP contribution in [0.25, 0.3) is 27.2 Å². The van der Waals surface area contributed by atoms with E-state index in [-0.39, 0.29) is 20.1 Å². The molecule has 2 nitrogen and oxygen atoms in total. The Morgan fingerprint density at radius 3 is 2.46 bits per heavy atom. The van der Waals surface area contributed by atoms with Gasteiger partial charge in [-0.2, -0.15) is 0 Å². The van der Waals surface area contributed by atoms with Crippen molar-refractivity contribution in [2.75, 3.05) is 0 Å². The zero-order valence-electron chi connectivity index (χ0n) is 13.8. The Labute approximate surface area is 156 Å². The van der Waals surface area contributed by atoms with Gasteiger partial charge < -0.3 is 4.98 Å². The number of aryl methyl sites for hydroxylation is 1. The predicted molar refractivity (Wildman–Crippen MR) is 94.4 cm³/mol. The number of rotatable bonds is 2. The van der Waals surface area contributed by atoms with Gasteiger partial charge in [0, 0.05) is 31.9 Å². The zero-order valence-corrected chi connectivity index (χ0v) is 16.2. The third-order valence-corrected chi connectivity index (χ3v) is 4.25. The molecule has 3 rings (SSSR count). The standard InChI is InChI=1S/C21H17N2.Ir/c1-14-10-11-18(22-4)12-19(14)20-13-23-21(16(3)15(20)2)17-8-6-5-7-9-17;/h5-8,10-13H,1-3H3;/q-1;. The SMILES string of the molecule is [C-]#[N+]c1ccc(C)c(-c2cnc(-c3[c-]cccc3)c(C)c2C)c1.[Ir]. The van der Waals surface area contributed by atoms with E-state index in [9.17, 15) is 0 Å². The molecule has 0 saturated carbocycles. The second kappa shape index (κ2) is 7.53. The molecule has 3 aromatic rings. The molecule has 0 atom stereocenters. The maximum Gasteiger partial charge on any atom is 0.187 e. The molecule has 1 aromatic heterocycles. The molecule has 121 valence electrons. The summed E-state index contributed by atoms with van der Waals surface area (Å²) in [6, 6.07) is 16.9. The molecule has 0 spiro atoms. The van der Waals surface area contributed by atoms with E-state index >= 15 is 0 Å². The van der Waals surface area contributed by atoms with E-state index in [4.69, 9.17) is 6.57 Å². The van der Waals surface area contributed by atoms with Crippen molar-refractivity contribution in [1.29, 1.82) is 0 Å². The second-order valence-corrected chi connectivity index (χ2v) is 5.66. The number of nitrogens with zero attached hydrogens (tertiary/aromatic N) is 2. The number of hydrogen-bond donors (Lipinski definition) is 0. The number of aromatic nitrogens is 1. The number of benzene rings is 2. The maximum atomic E-state index is 7.22. The minimum absolute atomic E-state index is 0. The van der Waals surface area contributed by atoms with Crippen LogP contribution in [-0.2, 0) is 20.1 Å². The van der Waals surface area contributed by atoms with Crippen LogP contribution in [0.1, 0.15) is 16.7 Å². The van der Waals surface area contributed by atoms with E-state index in [0.717, 1.165) is 33.5 Å². The Kier molecular flexibility index (Phi) is 5.67. The van der Waals surface area contributed by atoms with Gasteiger partial charge in [-0.15, -0.1) is 35.9 Å². The Morgan fingerprint density at radius 1 is 1.00 bits per heavy atom. The van der Waals surface area contributed by atoms with Crippen molar-refractivity contribution in [3.8, 4) is 22.4 Å². The van der Waals surface area contributed by atoms with Gasteiger partial charge in [-0.1, -0.05) is 17.7 Å².